The minimum absolute atomic E-state index is 0.139. The van der Waals surface area contributed by atoms with E-state index in [4.69, 9.17) is 11.6 Å². The molecule has 1 amide bonds. The highest BCUT2D eigenvalue weighted by Gasteiger charge is 2.28. The summed E-state index contributed by atoms with van der Waals surface area (Å²) in [4.78, 5) is 14.6. The van der Waals surface area contributed by atoms with Crippen LogP contribution in [0, 0.1) is 0 Å². The molecule has 3 rings (SSSR count). The van der Waals surface area contributed by atoms with Crippen LogP contribution in [0.4, 0.5) is 5.69 Å². The van der Waals surface area contributed by atoms with Crippen molar-refractivity contribution in [3.63, 3.8) is 0 Å². The topological polar surface area (TPSA) is 57.7 Å². The molecule has 0 saturated heterocycles. The van der Waals surface area contributed by atoms with E-state index in [0.29, 0.717) is 23.6 Å². The van der Waals surface area contributed by atoms with Crippen molar-refractivity contribution in [1.29, 1.82) is 0 Å². The molecule has 0 N–H and O–H groups in total. The number of hydrogen-bond donors (Lipinski definition) is 0. The van der Waals surface area contributed by atoms with Gasteiger partial charge in [-0.2, -0.15) is 0 Å². The molecule has 1 heterocycles. The first-order valence-corrected chi connectivity index (χ1v) is 9.25. The SMILES string of the molecule is CN(C)S(=O)(=O)c1ccc2c(c1)CCN2C(=O)c1cccc(Cl)c1. The van der Waals surface area contributed by atoms with Crippen LogP contribution < -0.4 is 4.90 Å². The van der Waals surface area contributed by atoms with Gasteiger partial charge in [0, 0.05) is 36.9 Å². The maximum Gasteiger partial charge on any atom is 0.258 e. The van der Waals surface area contributed by atoms with E-state index < -0.39 is 10.0 Å². The fraction of sp³-hybridized carbons (Fsp3) is 0.235. The lowest BCUT2D eigenvalue weighted by molar-refractivity contribution is 0.0989. The molecule has 24 heavy (non-hydrogen) atoms. The Balaban J connectivity index is 1.95. The van der Waals surface area contributed by atoms with E-state index in [-0.39, 0.29) is 10.8 Å². The molecule has 2 aromatic rings. The molecule has 0 bridgehead atoms. The Kier molecular flexibility index (Phi) is 4.38. The number of carbonyl (C=O) groups excluding carboxylic acids is 1. The number of benzene rings is 2. The standard InChI is InChI=1S/C17H17ClN2O3S/c1-19(2)24(22,23)15-6-7-16-12(11-15)8-9-20(16)17(21)13-4-3-5-14(18)10-13/h3-7,10-11H,8-9H2,1-2H3. The van der Waals surface area contributed by atoms with Crippen LogP contribution in [-0.2, 0) is 16.4 Å². The minimum Gasteiger partial charge on any atom is -0.308 e. The van der Waals surface area contributed by atoms with Crippen molar-refractivity contribution in [3.8, 4) is 0 Å². The molecule has 0 fully saturated rings. The van der Waals surface area contributed by atoms with Crippen LogP contribution in [0.5, 0.6) is 0 Å². The third-order valence-corrected chi connectivity index (χ3v) is 6.09. The smallest absolute Gasteiger partial charge is 0.258 e. The van der Waals surface area contributed by atoms with Gasteiger partial charge in [-0.3, -0.25) is 4.79 Å². The number of halogens is 1. The zero-order valence-corrected chi connectivity index (χ0v) is 14.9. The Labute approximate surface area is 146 Å². The molecule has 0 saturated carbocycles. The number of nitrogens with zero attached hydrogens (tertiary/aromatic N) is 2. The van der Waals surface area contributed by atoms with Gasteiger partial charge in [-0.05, 0) is 48.4 Å². The van der Waals surface area contributed by atoms with Gasteiger partial charge in [0.1, 0.15) is 0 Å². The normalized spacial score (nSPS) is 14.1. The Morgan fingerprint density at radius 1 is 1.17 bits per heavy atom. The summed E-state index contributed by atoms with van der Waals surface area (Å²) in [5, 5.41) is 0.507. The minimum atomic E-state index is -3.48. The van der Waals surface area contributed by atoms with Crippen molar-refractivity contribution in [2.24, 2.45) is 0 Å². The number of amides is 1. The molecule has 0 atom stereocenters. The molecule has 5 nitrogen and oxygen atoms in total. The molecule has 0 unspecified atom stereocenters. The number of anilines is 1. The first-order valence-electron chi connectivity index (χ1n) is 7.43. The van der Waals surface area contributed by atoms with Crippen molar-refractivity contribution in [2.75, 3.05) is 25.5 Å². The summed E-state index contributed by atoms with van der Waals surface area (Å²) in [7, 11) is -0.486. The first kappa shape index (κ1) is 17.0. The van der Waals surface area contributed by atoms with Crippen molar-refractivity contribution in [2.45, 2.75) is 11.3 Å². The fourth-order valence-corrected chi connectivity index (χ4v) is 3.88. The highest BCUT2D eigenvalue weighted by Crippen LogP contribution is 2.32. The maximum atomic E-state index is 12.7. The Bertz CT molecular complexity index is 910. The summed E-state index contributed by atoms with van der Waals surface area (Å²) in [6.45, 7) is 0.520. The van der Waals surface area contributed by atoms with E-state index in [0.717, 1.165) is 11.3 Å². The molecule has 2 aromatic carbocycles. The van der Waals surface area contributed by atoms with Crippen molar-refractivity contribution in [3.05, 3.63) is 58.6 Å². The van der Waals surface area contributed by atoms with Crippen molar-refractivity contribution < 1.29 is 13.2 Å². The monoisotopic (exact) mass is 364 g/mol. The second kappa shape index (κ2) is 6.20. The number of sulfonamides is 1. The van der Waals surface area contributed by atoms with E-state index in [1.54, 1.807) is 41.3 Å². The van der Waals surface area contributed by atoms with Gasteiger partial charge in [0.25, 0.3) is 5.91 Å². The highest BCUT2D eigenvalue weighted by molar-refractivity contribution is 7.89. The molecule has 0 aromatic heterocycles. The molecule has 1 aliphatic rings. The van der Waals surface area contributed by atoms with Gasteiger partial charge in [0.05, 0.1) is 4.90 Å². The Morgan fingerprint density at radius 3 is 2.58 bits per heavy atom. The summed E-state index contributed by atoms with van der Waals surface area (Å²) >= 11 is 5.95. The summed E-state index contributed by atoms with van der Waals surface area (Å²) in [5.41, 5.74) is 2.12. The summed E-state index contributed by atoms with van der Waals surface area (Å²) in [5.74, 6) is -0.139. The van der Waals surface area contributed by atoms with E-state index in [1.165, 1.54) is 24.5 Å². The van der Waals surface area contributed by atoms with E-state index in [2.05, 4.69) is 0 Å². The maximum absolute atomic E-state index is 12.7. The molecule has 7 heteroatoms. The van der Waals surface area contributed by atoms with Gasteiger partial charge < -0.3 is 4.90 Å². The van der Waals surface area contributed by atoms with Crippen LogP contribution in [-0.4, -0.2) is 39.3 Å². The summed E-state index contributed by atoms with van der Waals surface area (Å²) in [6.07, 6.45) is 0.623. The van der Waals surface area contributed by atoms with Crippen LogP contribution in [0.2, 0.25) is 5.02 Å². The van der Waals surface area contributed by atoms with E-state index >= 15 is 0 Å². The molecular formula is C17H17ClN2O3S. The first-order chi connectivity index (χ1) is 11.3. The zero-order valence-electron chi connectivity index (χ0n) is 13.4. The predicted molar refractivity (Wildman–Crippen MR) is 94.1 cm³/mol. The Morgan fingerprint density at radius 2 is 1.92 bits per heavy atom. The second-order valence-electron chi connectivity index (χ2n) is 5.80. The van der Waals surface area contributed by atoms with Crippen molar-refractivity contribution in [1.82, 2.24) is 4.31 Å². The van der Waals surface area contributed by atoms with Gasteiger partial charge in [0.15, 0.2) is 0 Å². The molecule has 0 aliphatic carbocycles. The number of fused-ring (bicyclic) bond motifs is 1. The van der Waals surface area contributed by atoms with Crippen LogP contribution in [0.3, 0.4) is 0 Å². The third-order valence-electron chi connectivity index (χ3n) is 4.04. The number of carbonyl (C=O) groups is 1. The number of hydrogen-bond acceptors (Lipinski definition) is 3. The average Bonchev–Trinajstić information content (AvgIpc) is 2.97. The van der Waals surface area contributed by atoms with Gasteiger partial charge in [-0.25, -0.2) is 12.7 Å². The van der Waals surface area contributed by atoms with Crippen LogP contribution in [0.15, 0.2) is 47.4 Å². The Hall–Kier alpha value is -1.89. The van der Waals surface area contributed by atoms with E-state index in [9.17, 15) is 13.2 Å². The van der Waals surface area contributed by atoms with Crippen LogP contribution in [0.1, 0.15) is 15.9 Å². The summed E-state index contributed by atoms with van der Waals surface area (Å²) < 4.78 is 25.7. The number of rotatable bonds is 3. The lowest BCUT2D eigenvalue weighted by Gasteiger charge is -2.18. The van der Waals surface area contributed by atoms with Gasteiger partial charge in [0.2, 0.25) is 10.0 Å². The van der Waals surface area contributed by atoms with Gasteiger partial charge in [-0.1, -0.05) is 17.7 Å². The lowest BCUT2D eigenvalue weighted by atomic mass is 10.1. The molecular weight excluding hydrogens is 348 g/mol. The molecule has 1 aliphatic heterocycles. The average molecular weight is 365 g/mol. The lowest BCUT2D eigenvalue weighted by Crippen LogP contribution is -2.28. The highest BCUT2D eigenvalue weighted by atomic mass is 35.5. The quantitative estimate of drug-likeness (QED) is 0.841. The molecule has 126 valence electrons. The van der Waals surface area contributed by atoms with Gasteiger partial charge >= 0.3 is 0 Å². The van der Waals surface area contributed by atoms with Crippen LogP contribution >= 0.6 is 11.6 Å². The van der Waals surface area contributed by atoms with Gasteiger partial charge in [-0.15, -0.1) is 0 Å². The molecule has 0 spiro atoms. The summed E-state index contributed by atoms with van der Waals surface area (Å²) in [6, 6.07) is 11.7. The second-order valence-corrected chi connectivity index (χ2v) is 8.38. The predicted octanol–water partition coefficient (Wildman–Crippen LogP) is 2.79. The largest absolute Gasteiger partial charge is 0.308 e. The van der Waals surface area contributed by atoms with E-state index in [1.807, 2.05) is 0 Å². The zero-order chi connectivity index (χ0) is 17.5. The van der Waals surface area contributed by atoms with Crippen molar-refractivity contribution >= 4 is 33.2 Å². The third kappa shape index (κ3) is 2.92. The molecule has 0 radical (unpaired) electrons. The van der Waals surface area contributed by atoms with Crippen LogP contribution in [0.25, 0.3) is 0 Å². The fourth-order valence-electron chi connectivity index (χ4n) is 2.74.